The third-order valence-electron chi connectivity index (χ3n) is 4.04. The molecule has 0 aliphatic carbocycles. The van der Waals surface area contributed by atoms with E-state index in [1.807, 2.05) is 56.3 Å². The van der Waals surface area contributed by atoms with Gasteiger partial charge >= 0.3 is 11.8 Å². The first-order valence-corrected chi connectivity index (χ1v) is 8.20. The Morgan fingerprint density at radius 3 is 2.17 bits per heavy atom. The largest absolute Gasteiger partial charge is 0.318 e. The number of nitrogens with one attached hydrogen (secondary N) is 2. The molecule has 4 heteroatoms. The summed E-state index contributed by atoms with van der Waals surface area (Å²) in [5.41, 5.74) is 4.42. The fourth-order valence-corrected chi connectivity index (χ4v) is 2.67. The normalized spacial score (nSPS) is 11.7. The Labute approximate surface area is 143 Å². The van der Waals surface area contributed by atoms with Crippen molar-refractivity contribution in [3.63, 3.8) is 0 Å². The van der Waals surface area contributed by atoms with Gasteiger partial charge in [0.05, 0.1) is 0 Å². The lowest BCUT2D eigenvalue weighted by Gasteiger charge is -2.15. The van der Waals surface area contributed by atoms with Gasteiger partial charge in [-0.05, 0) is 61.1 Å². The molecule has 4 nitrogen and oxygen atoms in total. The van der Waals surface area contributed by atoms with E-state index >= 15 is 0 Å². The fraction of sp³-hybridized carbons (Fsp3) is 0.300. The van der Waals surface area contributed by atoms with Crippen LogP contribution in [-0.4, -0.2) is 11.8 Å². The second-order valence-electron chi connectivity index (χ2n) is 6.18. The summed E-state index contributed by atoms with van der Waals surface area (Å²) in [7, 11) is 0. The summed E-state index contributed by atoms with van der Waals surface area (Å²) in [6, 6.07) is 13.3. The van der Waals surface area contributed by atoms with Crippen LogP contribution in [0.3, 0.4) is 0 Å². The van der Waals surface area contributed by atoms with Crippen molar-refractivity contribution in [2.45, 2.75) is 40.0 Å². The number of aryl methyl sites for hydroxylation is 2. The molecule has 2 N–H and O–H groups in total. The highest BCUT2D eigenvalue weighted by molar-refractivity contribution is 6.43. The molecule has 0 bridgehead atoms. The molecular weight excluding hydrogens is 300 g/mol. The van der Waals surface area contributed by atoms with E-state index in [9.17, 15) is 9.59 Å². The van der Waals surface area contributed by atoms with Crippen LogP contribution in [-0.2, 0) is 9.59 Å². The van der Waals surface area contributed by atoms with Gasteiger partial charge in [-0.3, -0.25) is 9.59 Å². The lowest BCUT2D eigenvalue weighted by atomic mass is 9.97. The van der Waals surface area contributed by atoms with Crippen molar-refractivity contribution in [2.75, 3.05) is 10.6 Å². The van der Waals surface area contributed by atoms with Crippen LogP contribution in [0.25, 0.3) is 0 Å². The average molecular weight is 324 g/mol. The second-order valence-corrected chi connectivity index (χ2v) is 6.18. The number of rotatable bonds is 4. The minimum absolute atomic E-state index is 0.309. The van der Waals surface area contributed by atoms with E-state index in [4.69, 9.17) is 0 Å². The number of para-hydroxylation sites is 1. The molecule has 1 unspecified atom stereocenters. The summed E-state index contributed by atoms with van der Waals surface area (Å²) in [6.07, 6.45) is 0.960. The van der Waals surface area contributed by atoms with E-state index in [-0.39, 0.29) is 0 Å². The van der Waals surface area contributed by atoms with Crippen LogP contribution in [0.4, 0.5) is 11.4 Å². The smallest absolute Gasteiger partial charge is 0.314 e. The maximum absolute atomic E-state index is 12.2. The predicted molar refractivity (Wildman–Crippen MR) is 98.3 cm³/mol. The zero-order chi connectivity index (χ0) is 17.7. The molecule has 0 saturated heterocycles. The first-order chi connectivity index (χ1) is 11.4. The molecule has 0 heterocycles. The number of amides is 2. The van der Waals surface area contributed by atoms with Gasteiger partial charge < -0.3 is 10.6 Å². The minimum Gasteiger partial charge on any atom is -0.318 e. The molecule has 0 fully saturated rings. The van der Waals surface area contributed by atoms with Gasteiger partial charge in [0.25, 0.3) is 0 Å². The van der Waals surface area contributed by atoms with Crippen molar-refractivity contribution in [1.29, 1.82) is 0 Å². The van der Waals surface area contributed by atoms with Crippen molar-refractivity contribution < 1.29 is 9.59 Å². The quantitative estimate of drug-likeness (QED) is 0.819. The highest BCUT2D eigenvalue weighted by atomic mass is 16.2. The summed E-state index contributed by atoms with van der Waals surface area (Å²) >= 11 is 0. The topological polar surface area (TPSA) is 58.2 Å². The van der Waals surface area contributed by atoms with Crippen molar-refractivity contribution in [3.8, 4) is 0 Å². The van der Waals surface area contributed by atoms with Crippen LogP contribution in [0.15, 0.2) is 42.5 Å². The highest BCUT2D eigenvalue weighted by Crippen LogP contribution is 2.26. The zero-order valence-electron chi connectivity index (χ0n) is 14.6. The van der Waals surface area contributed by atoms with Gasteiger partial charge in [0.15, 0.2) is 0 Å². The average Bonchev–Trinajstić information content (AvgIpc) is 2.53. The van der Waals surface area contributed by atoms with E-state index in [0.29, 0.717) is 17.3 Å². The van der Waals surface area contributed by atoms with E-state index in [1.54, 1.807) is 0 Å². The van der Waals surface area contributed by atoms with Crippen molar-refractivity contribution in [1.82, 2.24) is 0 Å². The molecule has 0 saturated carbocycles. The van der Waals surface area contributed by atoms with Gasteiger partial charge in [-0.25, -0.2) is 0 Å². The van der Waals surface area contributed by atoms with Crippen LogP contribution in [0.5, 0.6) is 0 Å². The van der Waals surface area contributed by atoms with E-state index < -0.39 is 11.8 Å². The first-order valence-electron chi connectivity index (χ1n) is 8.20. The molecule has 0 aliphatic heterocycles. The van der Waals surface area contributed by atoms with Crippen LogP contribution < -0.4 is 10.6 Å². The van der Waals surface area contributed by atoms with Gasteiger partial charge in [-0.2, -0.15) is 0 Å². The molecule has 24 heavy (non-hydrogen) atoms. The molecular formula is C20H24N2O2. The number of benzene rings is 2. The van der Waals surface area contributed by atoms with Crippen molar-refractivity contribution >= 4 is 23.2 Å². The summed E-state index contributed by atoms with van der Waals surface area (Å²) in [6.45, 7) is 8.09. The maximum atomic E-state index is 12.2. The number of carbonyl (C=O) groups is 2. The van der Waals surface area contributed by atoms with Gasteiger partial charge in [0.2, 0.25) is 0 Å². The number of hydrogen-bond acceptors (Lipinski definition) is 2. The SMILES string of the molecule is CCC(C)c1ccccc1NC(=O)C(=O)Nc1cc(C)cc(C)c1. The lowest BCUT2D eigenvalue weighted by molar-refractivity contribution is -0.133. The monoisotopic (exact) mass is 324 g/mol. The summed E-state index contributed by atoms with van der Waals surface area (Å²) in [5, 5.41) is 5.38. The summed E-state index contributed by atoms with van der Waals surface area (Å²) in [4.78, 5) is 24.4. The maximum Gasteiger partial charge on any atom is 0.314 e. The van der Waals surface area contributed by atoms with Crippen molar-refractivity contribution in [3.05, 3.63) is 59.2 Å². The minimum atomic E-state index is -0.668. The Morgan fingerprint density at radius 1 is 0.958 bits per heavy atom. The molecule has 0 spiro atoms. The van der Waals surface area contributed by atoms with Crippen LogP contribution >= 0.6 is 0 Å². The van der Waals surface area contributed by atoms with E-state index in [2.05, 4.69) is 24.5 Å². The Kier molecular flexibility index (Phi) is 5.74. The van der Waals surface area contributed by atoms with E-state index in [0.717, 1.165) is 23.1 Å². The molecule has 126 valence electrons. The lowest BCUT2D eigenvalue weighted by Crippen LogP contribution is -2.29. The zero-order valence-corrected chi connectivity index (χ0v) is 14.6. The van der Waals surface area contributed by atoms with Gasteiger partial charge in [0, 0.05) is 11.4 Å². The van der Waals surface area contributed by atoms with Gasteiger partial charge in [-0.15, -0.1) is 0 Å². The van der Waals surface area contributed by atoms with Crippen LogP contribution in [0.2, 0.25) is 0 Å². The molecule has 0 aromatic heterocycles. The summed E-state index contributed by atoms with van der Waals surface area (Å²) in [5.74, 6) is -1.02. The van der Waals surface area contributed by atoms with Crippen LogP contribution in [0.1, 0.15) is 42.9 Å². The standard InChI is InChI=1S/C20H24N2O2/c1-5-15(4)17-8-6-7-9-18(17)22-20(24)19(23)21-16-11-13(2)10-14(3)12-16/h6-12,15H,5H2,1-4H3,(H,21,23)(H,22,24). The molecule has 1 atom stereocenters. The second kappa shape index (κ2) is 7.77. The number of carbonyl (C=O) groups excluding carboxylic acids is 2. The van der Waals surface area contributed by atoms with E-state index in [1.165, 1.54) is 0 Å². The van der Waals surface area contributed by atoms with Crippen molar-refractivity contribution in [2.24, 2.45) is 0 Å². The molecule has 2 aromatic rings. The first kappa shape index (κ1) is 17.7. The third-order valence-corrected chi connectivity index (χ3v) is 4.04. The highest BCUT2D eigenvalue weighted by Gasteiger charge is 2.17. The Balaban J connectivity index is 2.11. The predicted octanol–water partition coefficient (Wildman–Crippen LogP) is 4.39. The number of anilines is 2. The Morgan fingerprint density at radius 2 is 1.54 bits per heavy atom. The Bertz CT molecular complexity index is 733. The van der Waals surface area contributed by atoms with Gasteiger partial charge in [-0.1, -0.05) is 38.1 Å². The fourth-order valence-electron chi connectivity index (χ4n) is 2.67. The molecule has 2 aromatic carbocycles. The number of hydrogen-bond donors (Lipinski definition) is 2. The molecule has 2 amide bonds. The molecule has 2 rings (SSSR count). The van der Waals surface area contributed by atoms with Gasteiger partial charge in [0.1, 0.15) is 0 Å². The van der Waals surface area contributed by atoms with Crippen LogP contribution in [0, 0.1) is 13.8 Å². The third kappa shape index (κ3) is 4.44. The Hall–Kier alpha value is -2.62. The molecule has 0 aliphatic rings. The summed E-state index contributed by atoms with van der Waals surface area (Å²) < 4.78 is 0. The molecule has 0 radical (unpaired) electrons.